The predicted molar refractivity (Wildman–Crippen MR) is 117 cm³/mol. The summed E-state index contributed by atoms with van der Waals surface area (Å²) < 4.78 is 8.61. The van der Waals surface area contributed by atoms with Crippen LogP contribution in [-0.2, 0) is 12.1 Å². The average Bonchev–Trinajstić information content (AvgIpc) is 3.00. The molecule has 0 saturated heterocycles. The Morgan fingerprint density at radius 1 is 0.759 bits per heavy atom. The zero-order valence-corrected chi connectivity index (χ0v) is 16.5. The lowest BCUT2D eigenvalue weighted by Crippen LogP contribution is -2.42. The van der Waals surface area contributed by atoms with Gasteiger partial charge in [0.2, 0.25) is 5.69 Å². The van der Waals surface area contributed by atoms with Gasteiger partial charge in [0.15, 0.2) is 6.20 Å². The van der Waals surface area contributed by atoms with Crippen molar-refractivity contribution in [3.05, 3.63) is 84.1 Å². The van der Waals surface area contributed by atoms with E-state index in [4.69, 9.17) is 4.74 Å². The average molecular weight is 374 g/mol. The Hall–Kier alpha value is -3.39. The molecule has 0 N–H and O–H groups in total. The van der Waals surface area contributed by atoms with E-state index in [-0.39, 0.29) is 5.41 Å². The number of hydrogen-bond donors (Lipinski definition) is 0. The molecule has 0 amide bonds. The first-order valence-corrected chi connectivity index (χ1v) is 10.2. The summed E-state index contributed by atoms with van der Waals surface area (Å²) in [5.41, 5.74) is 5.34. The van der Waals surface area contributed by atoms with E-state index in [9.17, 15) is 0 Å². The molecule has 2 nitrogen and oxygen atoms in total. The van der Waals surface area contributed by atoms with Gasteiger partial charge in [0, 0.05) is 11.0 Å². The molecule has 5 aromatic rings. The maximum Gasteiger partial charge on any atom is 0.292 e. The minimum Gasteiger partial charge on any atom is -0.435 e. The number of pyridine rings is 1. The van der Waals surface area contributed by atoms with Crippen LogP contribution in [0.3, 0.4) is 0 Å². The number of fused-ring (bicyclic) bond motifs is 6. The summed E-state index contributed by atoms with van der Waals surface area (Å²) in [6.07, 6.45) is 2.29. The van der Waals surface area contributed by atoms with Crippen molar-refractivity contribution in [3.8, 4) is 17.0 Å². The van der Waals surface area contributed by atoms with Crippen molar-refractivity contribution in [2.45, 2.75) is 26.0 Å². The van der Waals surface area contributed by atoms with Crippen LogP contribution in [0.1, 0.15) is 25.0 Å². The SMILES string of the molecule is CC1(C)c2c3c(cc4ccccc24)OC[n+]2cc4c(ccc5ccccc54)c1c2-3. The molecule has 0 bridgehead atoms. The van der Waals surface area contributed by atoms with Gasteiger partial charge in [0.05, 0.1) is 10.9 Å². The Morgan fingerprint density at radius 2 is 1.52 bits per heavy atom. The zero-order chi connectivity index (χ0) is 19.3. The molecule has 29 heavy (non-hydrogen) atoms. The van der Waals surface area contributed by atoms with Crippen LogP contribution in [0.25, 0.3) is 43.6 Å². The van der Waals surface area contributed by atoms with E-state index in [1.807, 2.05) is 0 Å². The van der Waals surface area contributed by atoms with E-state index >= 15 is 0 Å². The highest BCUT2D eigenvalue weighted by atomic mass is 16.5. The Bertz CT molecular complexity index is 1530. The van der Waals surface area contributed by atoms with Gasteiger partial charge in [-0.3, -0.25) is 0 Å². The molecule has 2 aliphatic rings. The van der Waals surface area contributed by atoms with Crippen LogP contribution in [0, 0.1) is 0 Å². The number of rotatable bonds is 0. The van der Waals surface area contributed by atoms with Crippen LogP contribution in [0.5, 0.6) is 5.75 Å². The van der Waals surface area contributed by atoms with Gasteiger partial charge in [0.1, 0.15) is 5.75 Å². The van der Waals surface area contributed by atoms with E-state index in [0.29, 0.717) is 6.73 Å². The summed E-state index contributed by atoms with van der Waals surface area (Å²) in [5, 5.41) is 7.83. The Labute approximate surface area is 169 Å². The summed E-state index contributed by atoms with van der Waals surface area (Å²) in [6, 6.07) is 24.2. The van der Waals surface area contributed by atoms with Gasteiger partial charge in [-0.1, -0.05) is 74.5 Å². The first-order chi connectivity index (χ1) is 14.1. The molecular weight excluding hydrogens is 354 g/mol. The normalized spacial score (nSPS) is 15.7. The number of nitrogens with zero attached hydrogens (tertiary/aromatic N) is 1. The summed E-state index contributed by atoms with van der Waals surface area (Å²) in [4.78, 5) is 0. The molecule has 0 fully saturated rings. The fraction of sp³-hybridized carbons (Fsp3) is 0.148. The maximum absolute atomic E-state index is 6.29. The monoisotopic (exact) mass is 374 g/mol. The van der Waals surface area contributed by atoms with Gasteiger partial charge in [-0.05, 0) is 38.6 Å². The van der Waals surface area contributed by atoms with Gasteiger partial charge in [-0.2, -0.15) is 4.57 Å². The molecule has 1 aliphatic heterocycles. The number of ether oxygens (including phenoxy) is 1. The fourth-order valence-corrected chi connectivity index (χ4v) is 5.73. The smallest absolute Gasteiger partial charge is 0.292 e. The fourth-order valence-electron chi connectivity index (χ4n) is 5.73. The van der Waals surface area contributed by atoms with Gasteiger partial charge in [0.25, 0.3) is 6.73 Å². The summed E-state index contributed by atoms with van der Waals surface area (Å²) >= 11 is 0. The van der Waals surface area contributed by atoms with E-state index in [1.54, 1.807) is 0 Å². The van der Waals surface area contributed by atoms with Crippen LogP contribution in [0.4, 0.5) is 0 Å². The van der Waals surface area contributed by atoms with Crippen LogP contribution in [0.15, 0.2) is 72.9 Å². The largest absolute Gasteiger partial charge is 0.435 e. The molecule has 0 saturated carbocycles. The third-order valence-electron chi connectivity index (χ3n) is 6.91. The molecule has 2 heterocycles. The third kappa shape index (κ3) is 1.76. The quantitative estimate of drug-likeness (QED) is 0.236. The standard InChI is InChI=1S/C27H20NO/c1-27(2)24-19-10-6-4-8-17(19)13-22-23(24)26-25(27)20-12-11-16-7-3-5-9-18(16)21(20)14-28(26)15-29-22/h3-14H,15H2,1-2H3/q+1. The highest BCUT2D eigenvalue weighted by Gasteiger charge is 2.47. The summed E-state index contributed by atoms with van der Waals surface area (Å²) in [7, 11) is 0. The van der Waals surface area contributed by atoms with Crippen molar-refractivity contribution < 1.29 is 9.30 Å². The van der Waals surface area contributed by atoms with E-state index < -0.39 is 0 Å². The van der Waals surface area contributed by atoms with E-state index in [1.165, 1.54) is 54.7 Å². The van der Waals surface area contributed by atoms with Crippen molar-refractivity contribution in [2.24, 2.45) is 0 Å². The third-order valence-corrected chi connectivity index (χ3v) is 6.91. The lowest BCUT2D eigenvalue weighted by Gasteiger charge is -2.23. The molecule has 0 atom stereocenters. The zero-order valence-electron chi connectivity index (χ0n) is 16.5. The molecular formula is C27H20NO+. The van der Waals surface area contributed by atoms with Crippen molar-refractivity contribution in [1.82, 2.24) is 0 Å². The van der Waals surface area contributed by atoms with E-state index in [2.05, 4.69) is 91.3 Å². The molecule has 0 spiro atoms. The van der Waals surface area contributed by atoms with Crippen molar-refractivity contribution in [2.75, 3.05) is 0 Å². The van der Waals surface area contributed by atoms with Crippen molar-refractivity contribution >= 4 is 32.3 Å². The number of hydrogen-bond acceptors (Lipinski definition) is 1. The molecule has 1 aliphatic carbocycles. The highest BCUT2D eigenvalue weighted by molar-refractivity contribution is 6.11. The lowest BCUT2D eigenvalue weighted by atomic mass is 9.78. The minimum absolute atomic E-state index is 0.0995. The summed E-state index contributed by atoms with van der Waals surface area (Å²) in [6.45, 7) is 5.30. The van der Waals surface area contributed by atoms with E-state index in [0.717, 1.165) is 5.75 Å². The minimum atomic E-state index is -0.0995. The Morgan fingerprint density at radius 3 is 2.38 bits per heavy atom. The van der Waals surface area contributed by atoms with Gasteiger partial charge in [-0.15, -0.1) is 0 Å². The Balaban J connectivity index is 1.73. The molecule has 4 aromatic carbocycles. The second-order valence-corrected chi connectivity index (χ2v) is 8.81. The summed E-state index contributed by atoms with van der Waals surface area (Å²) in [5.74, 6) is 1.02. The number of benzene rings is 4. The maximum atomic E-state index is 6.29. The van der Waals surface area contributed by atoms with Gasteiger partial charge < -0.3 is 4.74 Å². The second kappa shape index (κ2) is 4.96. The van der Waals surface area contributed by atoms with Gasteiger partial charge >= 0.3 is 0 Å². The predicted octanol–water partition coefficient (Wildman–Crippen LogP) is 6.09. The lowest BCUT2D eigenvalue weighted by molar-refractivity contribution is -0.716. The molecule has 7 rings (SSSR count). The van der Waals surface area contributed by atoms with Crippen molar-refractivity contribution in [3.63, 3.8) is 0 Å². The molecule has 0 radical (unpaired) electrons. The topological polar surface area (TPSA) is 13.1 Å². The molecule has 138 valence electrons. The first kappa shape index (κ1) is 15.5. The van der Waals surface area contributed by atoms with Crippen LogP contribution in [-0.4, -0.2) is 0 Å². The second-order valence-electron chi connectivity index (χ2n) is 8.81. The van der Waals surface area contributed by atoms with Crippen molar-refractivity contribution in [1.29, 1.82) is 0 Å². The molecule has 1 aromatic heterocycles. The van der Waals surface area contributed by atoms with Crippen LogP contribution >= 0.6 is 0 Å². The number of aromatic nitrogens is 1. The molecule has 0 unspecified atom stereocenters. The molecule has 2 heteroatoms. The van der Waals surface area contributed by atoms with Crippen LogP contribution in [0.2, 0.25) is 0 Å². The van der Waals surface area contributed by atoms with Crippen LogP contribution < -0.4 is 9.30 Å². The first-order valence-electron chi connectivity index (χ1n) is 10.2. The Kier molecular flexibility index (Phi) is 2.65. The van der Waals surface area contributed by atoms with Gasteiger partial charge in [-0.25, -0.2) is 0 Å². The highest BCUT2D eigenvalue weighted by Crippen LogP contribution is 2.56.